The maximum absolute atomic E-state index is 12.9. The van der Waals surface area contributed by atoms with Gasteiger partial charge in [0.25, 0.3) is 5.24 Å². The molecule has 0 aromatic heterocycles. The number of likely N-dealkylation sites (tertiary alicyclic amines) is 1. The van der Waals surface area contributed by atoms with Gasteiger partial charge < -0.3 is 4.90 Å². The van der Waals surface area contributed by atoms with Gasteiger partial charge in [-0.25, -0.2) is 4.39 Å². The summed E-state index contributed by atoms with van der Waals surface area (Å²) in [4.78, 5) is 12.7. The Balaban J connectivity index is 2.26. The van der Waals surface area contributed by atoms with Gasteiger partial charge >= 0.3 is 0 Å². The molecular weight excluding hydrogens is 193 g/mol. The van der Waals surface area contributed by atoms with Crippen molar-refractivity contribution in [1.29, 1.82) is 0 Å². The first kappa shape index (κ1) is 10.9. The Bertz CT molecular complexity index is 180. The lowest BCUT2D eigenvalue weighted by atomic mass is 9.92. The molecule has 1 saturated heterocycles. The number of halogens is 2. The summed E-state index contributed by atoms with van der Waals surface area (Å²) in [5.74, 6) is 0.328. The van der Waals surface area contributed by atoms with Crippen LogP contribution >= 0.6 is 11.6 Å². The maximum atomic E-state index is 12.9. The normalized spacial score (nSPS) is 23.0. The zero-order valence-electron chi connectivity index (χ0n) is 7.80. The molecule has 0 aromatic carbocycles. The summed E-state index contributed by atoms with van der Waals surface area (Å²) < 4.78 is 12.9. The van der Waals surface area contributed by atoms with Crippen LogP contribution in [0.5, 0.6) is 0 Å². The van der Waals surface area contributed by atoms with Gasteiger partial charge in [-0.15, -0.1) is 0 Å². The van der Waals surface area contributed by atoms with Crippen molar-refractivity contribution in [2.45, 2.75) is 25.4 Å². The van der Waals surface area contributed by atoms with Crippen LogP contribution in [0.2, 0.25) is 0 Å². The molecule has 1 unspecified atom stereocenters. The number of nitrogens with zero attached hydrogens (tertiary/aromatic N) is 1. The van der Waals surface area contributed by atoms with E-state index in [0.717, 1.165) is 25.9 Å². The highest BCUT2D eigenvalue weighted by Crippen LogP contribution is 2.22. The van der Waals surface area contributed by atoms with Crippen LogP contribution in [0.1, 0.15) is 19.3 Å². The second-order valence-corrected chi connectivity index (χ2v) is 4.13. The number of hydrogen-bond acceptors (Lipinski definition) is 2. The topological polar surface area (TPSA) is 20.3 Å². The van der Waals surface area contributed by atoms with Gasteiger partial charge in [-0.2, -0.15) is 0 Å². The molecule has 0 aromatic rings. The van der Waals surface area contributed by atoms with E-state index in [-0.39, 0.29) is 0 Å². The zero-order chi connectivity index (χ0) is 9.84. The summed E-state index contributed by atoms with van der Waals surface area (Å²) in [6.45, 7) is 1.99. The summed E-state index contributed by atoms with van der Waals surface area (Å²) in [5, 5.41) is -0.848. The fourth-order valence-corrected chi connectivity index (χ4v) is 1.77. The van der Waals surface area contributed by atoms with Gasteiger partial charge in [-0.1, -0.05) is 0 Å². The maximum Gasteiger partial charge on any atom is 0.255 e. The number of hydrogen-bond donors (Lipinski definition) is 0. The second kappa shape index (κ2) is 4.91. The predicted octanol–water partition coefficient (Wildman–Crippen LogP) is 1.82. The number of carbonyl (C=O) groups is 1. The van der Waals surface area contributed by atoms with E-state index in [1.807, 2.05) is 0 Å². The average molecular weight is 208 g/mol. The van der Waals surface area contributed by atoms with Crippen molar-refractivity contribution < 1.29 is 9.18 Å². The Kier molecular flexibility index (Phi) is 4.13. The van der Waals surface area contributed by atoms with Crippen molar-refractivity contribution in [2.75, 3.05) is 20.1 Å². The highest BCUT2D eigenvalue weighted by molar-refractivity contribution is 6.64. The van der Waals surface area contributed by atoms with Crippen LogP contribution in [0.4, 0.5) is 4.39 Å². The molecule has 1 aliphatic heterocycles. The van der Waals surface area contributed by atoms with Crippen molar-refractivity contribution in [3.63, 3.8) is 0 Å². The molecular formula is C9H15ClFNO. The SMILES string of the molecule is CN1CCC(CC(F)C(=O)Cl)CC1. The van der Waals surface area contributed by atoms with Crippen molar-refractivity contribution >= 4 is 16.8 Å². The third-order valence-electron chi connectivity index (χ3n) is 2.62. The smallest absolute Gasteiger partial charge is 0.255 e. The van der Waals surface area contributed by atoms with Gasteiger partial charge in [0.1, 0.15) is 0 Å². The van der Waals surface area contributed by atoms with Gasteiger partial charge in [-0.3, -0.25) is 4.79 Å². The van der Waals surface area contributed by atoms with E-state index in [2.05, 4.69) is 11.9 Å². The molecule has 1 rings (SSSR count). The lowest BCUT2D eigenvalue weighted by molar-refractivity contribution is -0.116. The lowest BCUT2D eigenvalue weighted by Gasteiger charge is -2.29. The quantitative estimate of drug-likeness (QED) is 0.658. The second-order valence-electron chi connectivity index (χ2n) is 3.75. The molecule has 2 nitrogen and oxygen atoms in total. The largest absolute Gasteiger partial charge is 0.306 e. The van der Waals surface area contributed by atoms with Crippen LogP contribution in [-0.2, 0) is 4.79 Å². The summed E-state index contributed by atoms with van der Waals surface area (Å²) in [5.41, 5.74) is 0. The fourth-order valence-electron chi connectivity index (χ4n) is 1.68. The molecule has 0 radical (unpaired) electrons. The first-order valence-electron chi connectivity index (χ1n) is 4.61. The van der Waals surface area contributed by atoms with Gasteiger partial charge in [-0.05, 0) is 56.9 Å². The van der Waals surface area contributed by atoms with Crippen molar-refractivity contribution in [1.82, 2.24) is 4.90 Å². The van der Waals surface area contributed by atoms with Crippen LogP contribution < -0.4 is 0 Å². The Morgan fingerprint density at radius 2 is 2.15 bits per heavy atom. The Labute approximate surface area is 83.0 Å². The molecule has 1 atom stereocenters. The van der Waals surface area contributed by atoms with Crippen LogP contribution in [0.15, 0.2) is 0 Å². The van der Waals surface area contributed by atoms with E-state index in [1.54, 1.807) is 0 Å². The molecule has 1 aliphatic rings. The third-order valence-corrected chi connectivity index (χ3v) is 2.86. The molecule has 4 heteroatoms. The molecule has 0 saturated carbocycles. The third kappa shape index (κ3) is 3.61. The van der Waals surface area contributed by atoms with Crippen LogP contribution in [-0.4, -0.2) is 36.5 Å². The van der Waals surface area contributed by atoms with Crippen molar-refractivity contribution in [2.24, 2.45) is 5.92 Å². The van der Waals surface area contributed by atoms with Crippen molar-refractivity contribution in [3.05, 3.63) is 0 Å². The van der Waals surface area contributed by atoms with Gasteiger partial charge in [0.15, 0.2) is 6.17 Å². The summed E-state index contributed by atoms with van der Waals surface area (Å²) in [6, 6.07) is 0. The summed E-state index contributed by atoms with van der Waals surface area (Å²) >= 11 is 5.05. The molecule has 0 aliphatic carbocycles. The number of alkyl halides is 1. The fraction of sp³-hybridized carbons (Fsp3) is 0.889. The van der Waals surface area contributed by atoms with Gasteiger partial charge in [0.05, 0.1) is 0 Å². The molecule has 1 fully saturated rings. The monoisotopic (exact) mass is 207 g/mol. The minimum Gasteiger partial charge on any atom is -0.306 e. The molecule has 76 valence electrons. The first-order chi connectivity index (χ1) is 6.09. The Hall–Kier alpha value is -0.150. The molecule has 0 amide bonds. The predicted molar refractivity (Wildman–Crippen MR) is 50.6 cm³/mol. The molecule has 0 spiro atoms. The highest BCUT2D eigenvalue weighted by atomic mass is 35.5. The Morgan fingerprint density at radius 3 is 2.62 bits per heavy atom. The van der Waals surface area contributed by atoms with Crippen LogP contribution in [0, 0.1) is 5.92 Å². The summed E-state index contributed by atoms with van der Waals surface area (Å²) in [6.07, 6.45) is 0.785. The van der Waals surface area contributed by atoms with Crippen molar-refractivity contribution in [3.8, 4) is 0 Å². The minimum atomic E-state index is -1.46. The molecule has 0 bridgehead atoms. The van der Waals surface area contributed by atoms with Crippen LogP contribution in [0.3, 0.4) is 0 Å². The summed E-state index contributed by atoms with van der Waals surface area (Å²) in [7, 11) is 2.05. The number of piperidine rings is 1. The van der Waals surface area contributed by atoms with Gasteiger partial charge in [0, 0.05) is 0 Å². The standard InChI is InChI=1S/C9H15ClFNO/c1-12-4-2-7(3-5-12)6-8(11)9(10)13/h7-8H,2-6H2,1H3. The average Bonchev–Trinajstić information content (AvgIpc) is 2.08. The van der Waals surface area contributed by atoms with E-state index in [1.165, 1.54) is 0 Å². The first-order valence-corrected chi connectivity index (χ1v) is 4.99. The van der Waals surface area contributed by atoms with Gasteiger partial charge in [0.2, 0.25) is 0 Å². The minimum absolute atomic E-state index is 0.302. The highest BCUT2D eigenvalue weighted by Gasteiger charge is 2.23. The van der Waals surface area contributed by atoms with E-state index in [4.69, 9.17) is 11.6 Å². The Morgan fingerprint density at radius 1 is 1.62 bits per heavy atom. The van der Waals surface area contributed by atoms with E-state index >= 15 is 0 Å². The lowest BCUT2D eigenvalue weighted by Crippen LogP contribution is -2.31. The van der Waals surface area contributed by atoms with E-state index in [9.17, 15) is 9.18 Å². The van der Waals surface area contributed by atoms with E-state index in [0.29, 0.717) is 12.3 Å². The number of carbonyl (C=O) groups excluding carboxylic acids is 1. The molecule has 1 heterocycles. The molecule has 13 heavy (non-hydrogen) atoms. The molecule has 0 N–H and O–H groups in total. The van der Waals surface area contributed by atoms with E-state index < -0.39 is 11.4 Å². The zero-order valence-corrected chi connectivity index (χ0v) is 8.56. The number of rotatable bonds is 3. The van der Waals surface area contributed by atoms with Crippen LogP contribution in [0.25, 0.3) is 0 Å².